The molecule has 0 aliphatic carbocycles. The summed E-state index contributed by atoms with van der Waals surface area (Å²) in [6.45, 7) is 15.1. The van der Waals surface area contributed by atoms with Gasteiger partial charge < -0.3 is 13.7 Å². The summed E-state index contributed by atoms with van der Waals surface area (Å²) in [5.74, 6) is 0.574. The smallest absolute Gasteiger partial charge is 0.350 e. The van der Waals surface area contributed by atoms with Crippen molar-refractivity contribution in [3.63, 3.8) is 0 Å². The molecule has 0 aliphatic rings. The molecule has 0 fully saturated rings. The van der Waals surface area contributed by atoms with Gasteiger partial charge in [0.25, 0.3) is 0 Å². The number of benzene rings is 2. The van der Waals surface area contributed by atoms with E-state index < -0.39 is 27.3 Å². The van der Waals surface area contributed by atoms with Crippen LogP contribution in [0.1, 0.15) is 61.9 Å². The molecule has 0 spiro atoms. The Labute approximate surface area is 242 Å². The van der Waals surface area contributed by atoms with Crippen molar-refractivity contribution in [3.8, 4) is 11.5 Å². The maximum absolute atomic E-state index is 12.7. The summed E-state index contributed by atoms with van der Waals surface area (Å²) in [5.41, 5.74) is 2.36. The van der Waals surface area contributed by atoms with E-state index in [-0.39, 0.29) is 0 Å². The average Bonchev–Trinajstić information content (AvgIpc) is 3.32. The van der Waals surface area contributed by atoms with Gasteiger partial charge in [-0.25, -0.2) is 9.78 Å². The average molecular weight is 589 g/mol. The molecule has 3 aromatic rings. The minimum Gasteiger partial charge on any atom is -0.476 e. The number of thiazole rings is 1. The number of aromatic nitrogens is 1. The Bertz CT molecular complexity index is 1370. The third-order valence-electron chi connectivity index (χ3n) is 5.90. The molecule has 0 N–H and O–H groups in total. The molecule has 0 radical (unpaired) electrons. The summed E-state index contributed by atoms with van der Waals surface area (Å²) < 4.78 is 39.5. The van der Waals surface area contributed by atoms with Crippen molar-refractivity contribution in [1.29, 1.82) is 0 Å². The van der Waals surface area contributed by atoms with Gasteiger partial charge in [0.2, 0.25) is 0 Å². The van der Waals surface area contributed by atoms with Crippen molar-refractivity contribution in [2.45, 2.75) is 79.2 Å². The van der Waals surface area contributed by atoms with Gasteiger partial charge in [-0.15, -0.1) is 11.3 Å². The Morgan fingerprint density at radius 2 is 1.60 bits per heavy atom. The first-order valence-corrected chi connectivity index (χ1v) is 15.8. The van der Waals surface area contributed by atoms with Crippen molar-refractivity contribution in [1.82, 2.24) is 9.88 Å². The molecule has 2 aromatic carbocycles. The largest absolute Gasteiger partial charge is 0.476 e. The van der Waals surface area contributed by atoms with Gasteiger partial charge in [0.05, 0.1) is 12.8 Å². The molecule has 218 valence electrons. The molecule has 0 bridgehead atoms. The molecule has 8 nitrogen and oxygen atoms in total. The van der Waals surface area contributed by atoms with Crippen LogP contribution in [0.4, 0.5) is 0 Å². The molecular weight excluding hydrogens is 548 g/mol. The Kier molecular flexibility index (Phi) is 10.0. The highest BCUT2D eigenvalue weighted by Gasteiger charge is 2.35. The Balaban J connectivity index is 1.74. The van der Waals surface area contributed by atoms with Crippen LogP contribution in [0.5, 0.6) is 11.5 Å². The summed E-state index contributed by atoms with van der Waals surface area (Å²) in [6, 6.07) is 11.3. The van der Waals surface area contributed by atoms with Crippen LogP contribution in [-0.4, -0.2) is 48.3 Å². The zero-order valence-electron chi connectivity index (χ0n) is 24.6. The van der Waals surface area contributed by atoms with E-state index in [9.17, 15) is 13.2 Å². The number of carbonyl (C=O) groups is 1. The minimum atomic E-state index is -3.56. The highest BCUT2D eigenvalue weighted by Crippen LogP contribution is 2.30. The Hall–Kier alpha value is -2.95. The van der Waals surface area contributed by atoms with E-state index in [1.54, 1.807) is 37.3 Å². The summed E-state index contributed by atoms with van der Waals surface area (Å²) >= 11 is 1.62. The van der Waals surface area contributed by atoms with Crippen LogP contribution in [0.15, 0.2) is 48.0 Å². The lowest BCUT2D eigenvalue weighted by molar-refractivity contribution is -0.171. The normalized spacial score (nSPS) is 12.4. The summed E-state index contributed by atoms with van der Waals surface area (Å²) in [7, 11) is -3.56. The topological polar surface area (TPSA) is 95.0 Å². The number of ether oxygens (including phenoxy) is 2. The zero-order valence-corrected chi connectivity index (χ0v) is 26.2. The SMILES string of the molecule is Cc1cc(CN(CCc2ccc(OS(C)(=O)=O)cc2)Cc2nccs2)cc(C)c1OC(C)(C)C(=O)OC(C)(C)C. The van der Waals surface area contributed by atoms with Crippen LogP contribution in [0.3, 0.4) is 0 Å². The van der Waals surface area contributed by atoms with Gasteiger partial charge in [0.15, 0.2) is 5.60 Å². The first kappa shape index (κ1) is 31.6. The summed E-state index contributed by atoms with van der Waals surface area (Å²) in [5, 5.41) is 3.00. The molecule has 0 aliphatic heterocycles. The number of aryl methyl sites for hydroxylation is 2. The molecule has 1 heterocycles. The highest BCUT2D eigenvalue weighted by molar-refractivity contribution is 7.86. The summed E-state index contributed by atoms with van der Waals surface area (Å²) in [6.07, 6.45) is 3.61. The molecule has 0 saturated heterocycles. The second kappa shape index (κ2) is 12.7. The lowest BCUT2D eigenvalue weighted by Crippen LogP contribution is -2.43. The van der Waals surface area contributed by atoms with Crippen molar-refractivity contribution >= 4 is 27.4 Å². The van der Waals surface area contributed by atoms with E-state index in [1.165, 1.54) is 0 Å². The Morgan fingerprint density at radius 1 is 0.975 bits per heavy atom. The number of esters is 1. The van der Waals surface area contributed by atoms with Gasteiger partial charge in [0, 0.05) is 24.7 Å². The molecular formula is C30H40N2O6S2. The first-order chi connectivity index (χ1) is 18.5. The van der Waals surface area contributed by atoms with Crippen molar-refractivity contribution in [2.24, 2.45) is 0 Å². The number of hydrogen-bond donors (Lipinski definition) is 0. The van der Waals surface area contributed by atoms with Gasteiger partial charge in [-0.05, 0) is 89.3 Å². The van der Waals surface area contributed by atoms with Crippen LogP contribution in [0, 0.1) is 13.8 Å². The standard InChI is InChI=1S/C30H40N2O6S2/c1-21-17-24(18-22(2)27(21)36-30(6,7)28(33)37-29(3,4)5)19-32(20-26-31-14-16-39-26)15-13-23-9-11-25(12-10-23)38-40(8,34)35/h9-12,14,16-18H,13,15,19-20H2,1-8H3. The molecule has 3 rings (SSSR count). The predicted molar refractivity (Wildman–Crippen MR) is 158 cm³/mol. The highest BCUT2D eigenvalue weighted by atomic mass is 32.2. The molecule has 1 aromatic heterocycles. The zero-order chi connectivity index (χ0) is 29.7. The second-order valence-corrected chi connectivity index (χ2v) is 14.0. The molecule has 0 saturated carbocycles. The minimum absolute atomic E-state index is 0.300. The second-order valence-electron chi connectivity index (χ2n) is 11.5. The molecule has 40 heavy (non-hydrogen) atoms. The molecule has 10 heteroatoms. The van der Waals surface area contributed by atoms with Crippen LogP contribution in [-0.2, 0) is 39.2 Å². The van der Waals surface area contributed by atoms with Crippen LogP contribution in [0.2, 0.25) is 0 Å². The van der Waals surface area contributed by atoms with Gasteiger partial charge in [0.1, 0.15) is 22.1 Å². The van der Waals surface area contributed by atoms with Crippen LogP contribution < -0.4 is 8.92 Å². The lowest BCUT2D eigenvalue weighted by atomic mass is 10.0. The van der Waals surface area contributed by atoms with Crippen molar-refractivity contribution in [2.75, 3.05) is 12.8 Å². The van der Waals surface area contributed by atoms with E-state index in [4.69, 9.17) is 13.7 Å². The molecule has 0 atom stereocenters. The maximum atomic E-state index is 12.7. The Morgan fingerprint density at radius 3 is 2.12 bits per heavy atom. The van der Waals surface area contributed by atoms with Gasteiger partial charge >= 0.3 is 16.1 Å². The lowest BCUT2D eigenvalue weighted by Gasteiger charge is -2.30. The quantitative estimate of drug-likeness (QED) is 0.192. The number of rotatable bonds is 12. The monoisotopic (exact) mass is 588 g/mol. The van der Waals surface area contributed by atoms with Crippen molar-refractivity contribution in [3.05, 3.63) is 75.2 Å². The van der Waals surface area contributed by atoms with E-state index in [1.807, 2.05) is 58.3 Å². The fraction of sp³-hybridized carbons (Fsp3) is 0.467. The molecule has 0 amide bonds. The third kappa shape index (κ3) is 9.91. The van der Waals surface area contributed by atoms with Crippen molar-refractivity contribution < 1.29 is 26.9 Å². The number of nitrogens with zero attached hydrogens (tertiary/aromatic N) is 2. The van der Waals surface area contributed by atoms with Gasteiger partial charge in [-0.3, -0.25) is 4.90 Å². The van der Waals surface area contributed by atoms with E-state index >= 15 is 0 Å². The number of hydrogen-bond acceptors (Lipinski definition) is 9. The maximum Gasteiger partial charge on any atom is 0.350 e. The summed E-state index contributed by atoms with van der Waals surface area (Å²) in [4.78, 5) is 19.5. The fourth-order valence-corrected chi connectivity index (χ4v) is 5.28. The third-order valence-corrected chi connectivity index (χ3v) is 7.16. The van der Waals surface area contributed by atoms with Gasteiger partial charge in [-0.2, -0.15) is 8.42 Å². The molecule has 0 unspecified atom stereocenters. The van der Waals surface area contributed by atoms with Crippen LogP contribution >= 0.6 is 11.3 Å². The van der Waals surface area contributed by atoms with E-state index in [0.717, 1.165) is 46.5 Å². The van der Waals surface area contributed by atoms with Crippen LogP contribution in [0.25, 0.3) is 0 Å². The van der Waals surface area contributed by atoms with E-state index in [0.29, 0.717) is 24.6 Å². The fourth-order valence-electron chi connectivity index (χ4n) is 4.16. The predicted octanol–water partition coefficient (Wildman–Crippen LogP) is 5.84. The number of carbonyl (C=O) groups excluding carboxylic acids is 1. The first-order valence-electron chi connectivity index (χ1n) is 13.1. The van der Waals surface area contributed by atoms with Gasteiger partial charge in [-0.1, -0.05) is 24.3 Å². The van der Waals surface area contributed by atoms with E-state index in [2.05, 4.69) is 22.0 Å².